The molecule has 0 spiro atoms. The Labute approximate surface area is 124 Å². The highest BCUT2D eigenvalue weighted by molar-refractivity contribution is 5.95. The van der Waals surface area contributed by atoms with Crippen molar-refractivity contribution in [2.75, 3.05) is 18.4 Å². The van der Waals surface area contributed by atoms with Gasteiger partial charge >= 0.3 is 0 Å². The number of hydrogen-bond donors (Lipinski definition) is 3. The maximum Gasteiger partial charge on any atom is 0.237 e. The number of ether oxygens (including phenoxy) is 1. The summed E-state index contributed by atoms with van der Waals surface area (Å²) in [5, 5.41) is 8.54. The van der Waals surface area contributed by atoms with Crippen LogP contribution in [0.15, 0.2) is 24.3 Å². The molecule has 1 saturated heterocycles. The Bertz CT molecular complexity index is 517. The predicted octanol–water partition coefficient (Wildman–Crippen LogP) is 0.890. The van der Waals surface area contributed by atoms with Gasteiger partial charge in [-0.05, 0) is 26.0 Å². The van der Waals surface area contributed by atoms with E-state index in [2.05, 4.69) is 16.0 Å². The maximum absolute atomic E-state index is 12.0. The van der Waals surface area contributed by atoms with Crippen LogP contribution in [0.25, 0.3) is 0 Å². The highest BCUT2D eigenvalue weighted by Gasteiger charge is 2.23. The van der Waals surface area contributed by atoms with Gasteiger partial charge in [0.25, 0.3) is 0 Å². The van der Waals surface area contributed by atoms with Gasteiger partial charge in [0.05, 0.1) is 18.6 Å². The van der Waals surface area contributed by atoms with Crippen molar-refractivity contribution in [2.24, 2.45) is 0 Å². The van der Waals surface area contributed by atoms with E-state index in [4.69, 9.17) is 4.74 Å². The lowest BCUT2D eigenvalue weighted by atomic mass is 10.1. The normalized spacial score (nSPS) is 18.2. The summed E-state index contributed by atoms with van der Waals surface area (Å²) in [4.78, 5) is 23.6. The highest BCUT2D eigenvalue weighted by atomic mass is 16.5. The monoisotopic (exact) mass is 291 g/mol. The van der Waals surface area contributed by atoms with E-state index < -0.39 is 6.04 Å². The van der Waals surface area contributed by atoms with Crippen LogP contribution >= 0.6 is 0 Å². The molecule has 0 aliphatic carbocycles. The molecule has 6 heteroatoms. The Morgan fingerprint density at radius 2 is 2.24 bits per heavy atom. The van der Waals surface area contributed by atoms with E-state index in [0.717, 1.165) is 0 Å². The van der Waals surface area contributed by atoms with Crippen molar-refractivity contribution in [3.63, 3.8) is 0 Å². The quantitative estimate of drug-likeness (QED) is 0.753. The summed E-state index contributed by atoms with van der Waals surface area (Å²) in [7, 11) is 0. The number of carbonyl (C=O) groups is 2. The molecular weight excluding hydrogens is 270 g/mol. The summed E-state index contributed by atoms with van der Waals surface area (Å²) < 4.78 is 5.58. The van der Waals surface area contributed by atoms with Crippen molar-refractivity contribution >= 4 is 17.5 Å². The summed E-state index contributed by atoms with van der Waals surface area (Å²) in [6, 6.07) is 6.75. The van der Waals surface area contributed by atoms with Crippen LogP contribution in [0.2, 0.25) is 0 Å². The van der Waals surface area contributed by atoms with Gasteiger partial charge in [0.15, 0.2) is 0 Å². The first-order chi connectivity index (χ1) is 10.0. The number of amides is 2. The number of rotatable bonds is 5. The van der Waals surface area contributed by atoms with Crippen LogP contribution in [-0.2, 0) is 9.59 Å². The van der Waals surface area contributed by atoms with Crippen molar-refractivity contribution in [2.45, 2.75) is 32.4 Å². The van der Waals surface area contributed by atoms with Crippen LogP contribution < -0.4 is 20.7 Å². The van der Waals surface area contributed by atoms with E-state index in [1.165, 1.54) is 0 Å². The zero-order valence-electron chi connectivity index (χ0n) is 12.3. The smallest absolute Gasteiger partial charge is 0.237 e. The Kier molecular flexibility index (Phi) is 5.16. The molecule has 1 aromatic carbocycles. The summed E-state index contributed by atoms with van der Waals surface area (Å²) in [6.07, 6.45) is 0.187. The van der Waals surface area contributed by atoms with Crippen LogP contribution in [-0.4, -0.2) is 37.0 Å². The molecule has 0 saturated carbocycles. The highest BCUT2D eigenvalue weighted by Crippen LogP contribution is 2.18. The van der Waals surface area contributed by atoms with Gasteiger partial charge in [0, 0.05) is 24.8 Å². The average molecular weight is 291 g/mol. The molecule has 2 amide bonds. The van der Waals surface area contributed by atoms with Gasteiger partial charge in [-0.3, -0.25) is 9.59 Å². The largest absolute Gasteiger partial charge is 0.491 e. The van der Waals surface area contributed by atoms with Crippen molar-refractivity contribution < 1.29 is 14.3 Å². The number of benzene rings is 1. The molecule has 21 heavy (non-hydrogen) atoms. The van der Waals surface area contributed by atoms with E-state index in [1.807, 2.05) is 26.0 Å². The standard InChI is InChI=1S/C15H21N3O3/c1-10(2)21-12-5-3-4-11(8-12)18-14(19)9-13-15(20)17-7-6-16-13/h3-5,8,10,13,16H,6-7,9H2,1-2H3,(H,17,20)(H,18,19). The fraction of sp³-hybridized carbons (Fsp3) is 0.467. The van der Waals surface area contributed by atoms with Crippen molar-refractivity contribution in [1.82, 2.24) is 10.6 Å². The van der Waals surface area contributed by atoms with E-state index in [9.17, 15) is 9.59 Å². The Hall–Kier alpha value is -2.08. The van der Waals surface area contributed by atoms with Crippen molar-refractivity contribution in [3.8, 4) is 5.75 Å². The van der Waals surface area contributed by atoms with Gasteiger partial charge in [-0.2, -0.15) is 0 Å². The topological polar surface area (TPSA) is 79.5 Å². The van der Waals surface area contributed by atoms with Gasteiger partial charge in [0.2, 0.25) is 11.8 Å². The molecule has 3 N–H and O–H groups in total. The minimum absolute atomic E-state index is 0.0751. The summed E-state index contributed by atoms with van der Waals surface area (Å²) >= 11 is 0. The zero-order valence-corrected chi connectivity index (χ0v) is 12.3. The number of nitrogens with one attached hydrogen (secondary N) is 3. The Morgan fingerprint density at radius 3 is 2.95 bits per heavy atom. The molecule has 0 radical (unpaired) electrons. The van der Waals surface area contributed by atoms with E-state index in [-0.39, 0.29) is 24.3 Å². The van der Waals surface area contributed by atoms with E-state index >= 15 is 0 Å². The molecule has 0 bridgehead atoms. The average Bonchev–Trinajstić information content (AvgIpc) is 2.41. The first kappa shape index (κ1) is 15.3. The lowest BCUT2D eigenvalue weighted by molar-refractivity contribution is -0.127. The number of piperazine rings is 1. The molecule has 6 nitrogen and oxygen atoms in total. The van der Waals surface area contributed by atoms with Crippen LogP contribution in [0.5, 0.6) is 5.75 Å². The third-order valence-electron chi connectivity index (χ3n) is 3.01. The maximum atomic E-state index is 12.0. The minimum atomic E-state index is -0.464. The van der Waals surface area contributed by atoms with Crippen molar-refractivity contribution in [1.29, 1.82) is 0 Å². The molecule has 1 fully saturated rings. The Balaban J connectivity index is 1.91. The molecule has 1 aliphatic heterocycles. The predicted molar refractivity (Wildman–Crippen MR) is 80.3 cm³/mol. The molecule has 1 aliphatic rings. The molecule has 1 aromatic rings. The first-order valence-corrected chi connectivity index (χ1v) is 7.12. The van der Waals surface area contributed by atoms with E-state index in [1.54, 1.807) is 12.1 Å². The fourth-order valence-corrected chi connectivity index (χ4v) is 2.13. The molecule has 114 valence electrons. The molecule has 0 aromatic heterocycles. The molecule has 1 atom stereocenters. The lowest BCUT2D eigenvalue weighted by Crippen LogP contribution is -2.53. The van der Waals surface area contributed by atoms with E-state index in [0.29, 0.717) is 24.5 Å². The van der Waals surface area contributed by atoms with Gasteiger partial charge < -0.3 is 20.7 Å². The van der Waals surface area contributed by atoms with Crippen LogP contribution in [0, 0.1) is 0 Å². The fourth-order valence-electron chi connectivity index (χ4n) is 2.13. The minimum Gasteiger partial charge on any atom is -0.491 e. The SMILES string of the molecule is CC(C)Oc1cccc(NC(=O)CC2NCCNC2=O)c1. The van der Waals surface area contributed by atoms with Crippen LogP contribution in [0.4, 0.5) is 5.69 Å². The summed E-state index contributed by atoms with van der Waals surface area (Å²) in [5.41, 5.74) is 0.661. The second-order valence-corrected chi connectivity index (χ2v) is 5.24. The summed E-state index contributed by atoms with van der Waals surface area (Å²) in [6.45, 7) is 5.17. The molecule has 1 heterocycles. The Morgan fingerprint density at radius 1 is 1.43 bits per heavy atom. The van der Waals surface area contributed by atoms with Crippen LogP contribution in [0.1, 0.15) is 20.3 Å². The second-order valence-electron chi connectivity index (χ2n) is 5.24. The molecular formula is C15H21N3O3. The second kappa shape index (κ2) is 7.08. The summed E-state index contributed by atoms with van der Waals surface area (Å²) in [5.74, 6) is 0.371. The zero-order chi connectivity index (χ0) is 15.2. The van der Waals surface area contributed by atoms with Gasteiger partial charge in [-0.1, -0.05) is 6.07 Å². The first-order valence-electron chi connectivity index (χ1n) is 7.12. The number of hydrogen-bond acceptors (Lipinski definition) is 4. The van der Waals surface area contributed by atoms with Gasteiger partial charge in [0.1, 0.15) is 5.75 Å². The van der Waals surface area contributed by atoms with Gasteiger partial charge in [-0.25, -0.2) is 0 Å². The third kappa shape index (κ3) is 4.75. The van der Waals surface area contributed by atoms with Crippen LogP contribution in [0.3, 0.4) is 0 Å². The lowest BCUT2D eigenvalue weighted by Gasteiger charge is -2.22. The number of anilines is 1. The molecule has 1 unspecified atom stereocenters. The third-order valence-corrected chi connectivity index (χ3v) is 3.01. The molecule has 2 rings (SSSR count). The van der Waals surface area contributed by atoms with Gasteiger partial charge in [-0.15, -0.1) is 0 Å². The number of carbonyl (C=O) groups excluding carboxylic acids is 2. The van der Waals surface area contributed by atoms with Crippen molar-refractivity contribution in [3.05, 3.63) is 24.3 Å².